The van der Waals surface area contributed by atoms with Crippen molar-refractivity contribution < 1.29 is 9.47 Å². The molecule has 1 fully saturated rings. The highest BCUT2D eigenvalue weighted by molar-refractivity contribution is 7.80. The lowest BCUT2D eigenvalue weighted by Crippen LogP contribution is -2.40. The third kappa shape index (κ3) is 7.20. The van der Waals surface area contributed by atoms with E-state index in [0.717, 1.165) is 17.7 Å². The zero-order chi connectivity index (χ0) is 18.6. The van der Waals surface area contributed by atoms with Gasteiger partial charge in [0.2, 0.25) is 0 Å². The van der Waals surface area contributed by atoms with E-state index in [9.17, 15) is 0 Å². The van der Waals surface area contributed by atoms with E-state index in [1.165, 1.54) is 44.9 Å². The maximum absolute atomic E-state index is 5.80. The van der Waals surface area contributed by atoms with Crippen molar-refractivity contribution in [2.24, 2.45) is 5.10 Å². The Hall–Kier alpha value is -1.82. The van der Waals surface area contributed by atoms with Gasteiger partial charge in [0.05, 0.1) is 19.9 Å². The van der Waals surface area contributed by atoms with Gasteiger partial charge in [-0.1, -0.05) is 39.0 Å². The molecule has 144 valence electrons. The molecule has 0 spiro atoms. The summed E-state index contributed by atoms with van der Waals surface area (Å²) in [6, 6.07) is 6.27. The first kappa shape index (κ1) is 20.5. The van der Waals surface area contributed by atoms with Gasteiger partial charge in [-0.05, 0) is 55.2 Å². The third-order valence-electron chi connectivity index (χ3n) is 4.51. The van der Waals surface area contributed by atoms with Crippen LogP contribution in [0, 0.1) is 0 Å². The van der Waals surface area contributed by atoms with E-state index in [-0.39, 0.29) is 0 Å². The van der Waals surface area contributed by atoms with E-state index in [2.05, 4.69) is 22.8 Å². The summed E-state index contributed by atoms with van der Waals surface area (Å²) in [4.78, 5) is 0. The Morgan fingerprint density at radius 2 is 2.04 bits per heavy atom. The maximum Gasteiger partial charge on any atom is 0.187 e. The largest absolute Gasteiger partial charge is 0.493 e. The first-order chi connectivity index (χ1) is 12.7. The van der Waals surface area contributed by atoms with E-state index in [4.69, 9.17) is 21.7 Å². The van der Waals surface area contributed by atoms with Gasteiger partial charge in [-0.2, -0.15) is 5.10 Å². The van der Waals surface area contributed by atoms with Crippen LogP contribution in [0.4, 0.5) is 0 Å². The number of thiocarbonyl (C=S) groups is 1. The Balaban J connectivity index is 1.81. The van der Waals surface area contributed by atoms with E-state index < -0.39 is 0 Å². The Labute approximate surface area is 162 Å². The number of nitrogens with zero attached hydrogens (tertiary/aromatic N) is 1. The van der Waals surface area contributed by atoms with Crippen molar-refractivity contribution in [1.29, 1.82) is 0 Å². The summed E-state index contributed by atoms with van der Waals surface area (Å²) in [5, 5.41) is 8.14. The SMILES string of the molecule is CCCCCOc1ccc(/C=N\NC(=S)NC2CCCCC2)cc1OC. The lowest BCUT2D eigenvalue weighted by Gasteiger charge is -2.23. The van der Waals surface area contributed by atoms with Crippen LogP contribution in [0.25, 0.3) is 0 Å². The quantitative estimate of drug-likeness (QED) is 0.289. The summed E-state index contributed by atoms with van der Waals surface area (Å²) in [5.41, 5.74) is 3.82. The van der Waals surface area contributed by atoms with Crippen molar-refractivity contribution in [1.82, 2.24) is 10.7 Å². The van der Waals surface area contributed by atoms with Crippen molar-refractivity contribution in [2.75, 3.05) is 13.7 Å². The molecule has 5 nitrogen and oxygen atoms in total. The molecule has 0 aromatic heterocycles. The summed E-state index contributed by atoms with van der Waals surface area (Å²) >= 11 is 5.31. The highest BCUT2D eigenvalue weighted by Gasteiger charge is 2.13. The molecule has 0 amide bonds. The monoisotopic (exact) mass is 377 g/mol. The van der Waals surface area contributed by atoms with Crippen LogP contribution in [0.3, 0.4) is 0 Å². The predicted molar refractivity (Wildman–Crippen MR) is 111 cm³/mol. The average Bonchev–Trinajstić information content (AvgIpc) is 2.66. The van der Waals surface area contributed by atoms with Gasteiger partial charge in [-0.3, -0.25) is 5.43 Å². The molecule has 0 bridgehead atoms. The molecular weight excluding hydrogens is 346 g/mol. The lowest BCUT2D eigenvalue weighted by molar-refractivity contribution is 0.286. The second kappa shape index (κ2) is 11.7. The normalized spacial score (nSPS) is 15.0. The van der Waals surface area contributed by atoms with Crippen LogP contribution in [-0.2, 0) is 0 Å². The first-order valence-electron chi connectivity index (χ1n) is 9.63. The highest BCUT2D eigenvalue weighted by Crippen LogP contribution is 2.27. The zero-order valence-corrected chi connectivity index (χ0v) is 16.7. The van der Waals surface area contributed by atoms with Gasteiger partial charge >= 0.3 is 0 Å². The van der Waals surface area contributed by atoms with Gasteiger partial charge in [-0.15, -0.1) is 0 Å². The van der Waals surface area contributed by atoms with Gasteiger partial charge in [0.15, 0.2) is 16.6 Å². The molecule has 0 heterocycles. The molecule has 0 radical (unpaired) electrons. The molecule has 1 aliphatic carbocycles. The van der Waals surface area contributed by atoms with E-state index >= 15 is 0 Å². The zero-order valence-electron chi connectivity index (χ0n) is 15.9. The van der Waals surface area contributed by atoms with Gasteiger partial charge in [-0.25, -0.2) is 0 Å². The van der Waals surface area contributed by atoms with Crippen LogP contribution in [0.15, 0.2) is 23.3 Å². The molecule has 2 rings (SSSR count). The second-order valence-corrected chi connectivity index (χ2v) is 7.05. The molecule has 0 unspecified atom stereocenters. The molecule has 0 atom stereocenters. The molecule has 0 saturated heterocycles. The minimum Gasteiger partial charge on any atom is -0.493 e. The standard InChI is InChI=1S/C20H31N3O2S/c1-3-4-8-13-25-18-12-11-16(14-19(18)24-2)15-21-23-20(26)22-17-9-6-5-7-10-17/h11-12,14-15,17H,3-10,13H2,1-2H3,(H2,22,23,26)/b21-15-. The van der Waals surface area contributed by atoms with E-state index in [1.54, 1.807) is 13.3 Å². The predicted octanol–water partition coefficient (Wildman–Crippen LogP) is 4.39. The summed E-state index contributed by atoms with van der Waals surface area (Å²) in [5.74, 6) is 1.48. The maximum atomic E-state index is 5.80. The molecule has 26 heavy (non-hydrogen) atoms. The Bertz CT molecular complexity index is 586. The molecule has 1 aromatic carbocycles. The number of unbranched alkanes of at least 4 members (excludes halogenated alkanes) is 2. The number of methoxy groups -OCH3 is 1. The summed E-state index contributed by atoms with van der Waals surface area (Å²) < 4.78 is 11.2. The van der Waals surface area contributed by atoms with Crippen molar-refractivity contribution in [3.63, 3.8) is 0 Å². The fraction of sp³-hybridized carbons (Fsp3) is 0.600. The van der Waals surface area contributed by atoms with Crippen LogP contribution >= 0.6 is 12.2 Å². The minimum atomic E-state index is 0.475. The van der Waals surface area contributed by atoms with Gasteiger partial charge in [0, 0.05) is 6.04 Å². The molecule has 1 aliphatic rings. The van der Waals surface area contributed by atoms with Crippen molar-refractivity contribution in [2.45, 2.75) is 64.3 Å². The third-order valence-corrected chi connectivity index (χ3v) is 4.72. The average molecular weight is 378 g/mol. The fourth-order valence-corrected chi connectivity index (χ4v) is 3.27. The van der Waals surface area contributed by atoms with Crippen LogP contribution < -0.4 is 20.2 Å². The number of nitrogens with one attached hydrogen (secondary N) is 2. The van der Waals surface area contributed by atoms with Gasteiger partial charge in [0.25, 0.3) is 0 Å². The van der Waals surface area contributed by atoms with E-state index in [0.29, 0.717) is 23.5 Å². The van der Waals surface area contributed by atoms with Gasteiger partial charge in [0.1, 0.15) is 0 Å². The van der Waals surface area contributed by atoms with Crippen LogP contribution in [0.1, 0.15) is 63.9 Å². The van der Waals surface area contributed by atoms with E-state index in [1.807, 2.05) is 18.2 Å². The second-order valence-electron chi connectivity index (χ2n) is 6.64. The number of hydrazone groups is 1. The molecule has 1 saturated carbocycles. The summed E-state index contributed by atoms with van der Waals surface area (Å²) in [6.45, 7) is 2.89. The first-order valence-corrected chi connectivity index (χ1v) is 10.0. The summed E-state index contributed by atoms with van der Waals surface area (Å²) in [6.07, 6.45) is 11.4. The molecule has 0 aliphatic heterocycles. The Kier molecular flexibility index (Phi) is 9.24. The lowest BCUT2D eigenvalue weighted by atomic mass is 9.96. The molecule has 2 N–H and O–H groups in total. The van der Waals surface area contributed by atoms with Crippen LogP contribution in [0.2, 0.25) is 0 Å². The van der Waals surface area contributed by atoms with Crippen LogP contribution in [-0.4, -0.2) is 31.1 Å². The Morgan fingerprint density at radius 3 is 2.77 bits per heavy atom. The highest BCUT2D eigenvalue weighted by atomic mass is 32.1. The minimum absolute atomic E-state index is 0.475. The van der Waals surface area contributed by atoms with Gasteiger partial charge < -0.3 is 14.8 Å². The number of hydrogen-bond donors (Lipinski definition) is 2. The molecular formula is C20H31N3O2S. The summed E-state index contributed by atoms with van der Waals surface area (Å²) in [7, 11) is 1.65. The van der Waals surface area contributed by atoms with Crippen molar-refractivity contribution in [3.05, 3.63) is 23.8 Å². The van der Waals surface area contributed by atoms with Crippen molar-refractivity contribution >= 4 is 23.5 Å². The number of benzene rings is 1. The number of rotatable bonds is 9. The molecule has 1 aromatic rings. The number of hydrogen-bond acceptors (Lipinski definition) is 4. The molecule has 6 heteroatoms. The van der Waals surface area contributed by atoms with Crippen LogP contribution in [0.5, 0.6) is 11.5 Å². The Morgan fingerprint density at radius 1 is 1.23 bits per heavy atom. The number of ether oxygens (including phenoxy) is 2. The topological polar surface area (TPSA) is 54.9 Å². The smallest absolute Gasteiger partial charge is 0.187 e. The fourth-order valence-electron chi connectivity index (χ4n) is 3.05. The van der Waals surface area contributed by atoms with Crippen molar-refractivity contribution in [3.8, 4) is 11.5 Å².